The highest BCUT2D eigenvalue weighted by molar-refractivity contribution is 5.44. The van der Waals surface area contributed by atoms with Crippen LogP contribution in [0.1, 0.15) is 30.4 Å². The number of hydrogen-bond donors (Lipinski definition) is 1. The maximum absolute atomic E-state index is 13.7. The number of rotatable bonds is 0. The highest BCUT2D eigenvalue weighted by Gasteiger charge is 2.53. The van der Waals surface area contributed by atoms with Crippen molar-refractivity contribution in [3.05, 3.63) is 35.1 Å². The second kappa shape index (κ2) is 2.57. The zero-order valence-electron chi connectivity index (χ0n) is 8.09. The summed E-state index contributed by atoms with van der Waals surface area (Å²) < 4.78 is 13.7. The standard InChI is InChI=1S/C12H14FN/c13-9-3-1-2-8-4-5-10(14)12(6-7-12)11(8)9/h1-3,10H,4-7,14H2. The molecular formula is C12H14FN. The Morgan fingerprint density at radius 2 is 2.14 bits per heavy atom. The Morgan fingerprint density at radius 3 is 2.86 bits per heavy atom. The lowest BCUT2D eigenvalue weighted by Crippen LogP contribution is -2.39. The molecule has 1 fully saturated rings. The van der Waals surface area contributed by atoms with Gasteiger partial charge < -0.3 is 5.73 Å². The molecule has 0 aliphatic heterocycles. The Bertz CT molecular complexity index is 382. The van der Waals surface area contributed by atoms with Gasteiger partial charge in [-0.25, -0.2) is 4.39 Å². The number of benzene rings is 1. The molecule has 2 aliphatic rings. The van der Waals surface area contributed by atoms with Gasteiger partial charge in [-0.1, -0.05) is 12.1 Å². The van der Waals surface area contributed by atoms with Gasteiger partial charge in [-0.05, 0) is 42.9 Å². The van der Waals surface area contributed by atoms with Gasteiger partial charge in [0.15, 0.2) is 0 Å². The molecule has 0 amide bonds. The van der Waals surface area contributed by atoms with Gasteiger partial charge in [0.05, 0.1) is 0 Å². The van der Waals surface area contributed by atoms with Gasteiger partial charge >= 0.3 is 0 Å². The van der Waals surface area contributed by atoms with Gasteiger partial charge in [-0.15, -0.1) is 0 Å². The molecular weight excluding hydrogens is 177 g/mol. The Labute approximate surface area is 83.1 Å². The maximum Gasteiger partial charge on any atom is 0.127 e. The van der Waals surface area contributed by atoms with Crippen LogP contribution in [0.2, 0.25) is 0 Å². The summed E-state index contributed by atoms with van der Waals surface area (Å²) in [5.74, 6) is -0.0462. The van der Waals surface area contributed by atoms with Crippen LogP contribution in [0.25, 0.3) is 0 Å². The number of aryl methyl sites for hydroxylation is 1. The van der Waals surface area contributed by atoms with Crippen LogP contribution in [0, 0.1) is 5.82 Å². The third-order valence-corrected chi connectivity index (χ3v) is 3.82. The lowest BCUT2D eigenvalue weighted by atomic mass is 9.76. The molecule has 0 bridgehead atoms. The van der Waals surface area contributed by atoms with E-state index in [-0.39, 0.29) is 17.3 Å². The number of halogens is 1. The number of fused-ring (bicyclic) bond motifs is 2. The number of hydrogen-bond acceptors (Lipinski definition) is 1. The van der Waals surface area contributed by atoms with Crippen molar-refractivity contribution < 1.29 is 4.39 Å². The first kappa shape index (κ1) is 8.42. The Morgan fingerprint density at radius 1 is 1.36 bits per heavy atom. The first-order valence-electron chi connectivity index (χ1n) is 5.27. The largest absolute Gasteiger partial charge is 0.327 e. The fourth-order valence-corrected chi connectivity index (χ4v) is 2.86. The van der Waals surface area contributed by atoms with Crippen molar-refractivity contribution in [2.45, 2.75) is 37.1 Å². The maximum atomic E-state index is 13.7. The Balaban J connectivity index is 2.21. The van der Waals surface area contributed by atoms with E-state index >= 15 is 0 Å². The van der Waals surface area contributed by atoms with Crippen LogP contribution in [0.3, 0.4) is 0 Å². The fourth-order valence-electron chi connectivity index (χ4n) is 2.86. The van der Waals surface area contributed by atoms with Crippen LogP contribution >= 0.6 is 0 Å². The molecule has 2 N–H and O–H groups in total. The molecule has 1 spiro atoms. The molecule has 1 aromatic rings. The summed E-state index contributed by atoms with van der Waals surface area (Å²) in [5, 5.41) is 0. The van der Waals surface area contributed by atoms with Gasteiger partial charge in [0.1, 0.15) is 5.82 Å². The summed E-state index contributed by atoms with van der Waals surface area (Å²) in [6.07, 6.45) is 4.09. The SMILES string of the molecule is NC1CCc2cccc(F)c2C12CC2. The first-order valence-corrected chi connectivity index (χ1v) is 5.27. The van der Waals surface area contributed by atoms with Crippen molar-refractivity contribution in [2.75, 3.05) is 0 Å². The van der Waals surface area contributed by atoms with Crippen molar-refractivity contribution in [3.63, 3.8) is 0 Å². The molecule has 1 nitrogen and oxygen atoms in total. The van der Waals surface area contributed by atoms with Gasteiger partial charge in [0.25, 0.3) is 0 Å². The normalized spacial score (nSPS) is 27.4. The molecule has 1 unspecified atom stereocenters. The number of nitrogens with two attached hydrogens (primary N) is 1. The molecule has 1 aromatic carbocycles. The molecule has 3 rings (SSSR count). The highest BCUT2D eigenvalue weighted by Crippen LogP contribution is 2.55. The molecule has 0 saturated heterocycles. The predicted octanol–water partition coefficient (Wildman–Crippen LogP) is 2.13. The van der Waals surface area contributed by atoms with Crippen LogP contribution in [0.15, 0.2) is 18.2 Å². The lowest BCUT2D eigenvalue weighted by molar-refractivity contribution is 0.431. The summed E-state index contributed by atoms with van der Waals surface area (Å²) in [5.41, 5.74) is 8.22. The van der Waals surface area contributed by atoms with Crippen molar-refractivity contribution in [3.8, 4) is 0 Å². The quantitative estimate of drug-likeness (QED) is 0.668. The van der Waals surface area contributed by atoms with Gasteiger partial charge in [-0.2, -0.15) is 0 Å². The lowest BCUT2D eigenvalue weighted by Gasteiger charge is -2.31. The third kappa shape index (κ3) is 0.921. The van der Waals surface area contributed by atoms with Crippen LogP contribution in [0.5, 0.6) is 0 Å². The van der Waals surface area contributed by atoms with E-state index < -0.39 is 0 Å². The first-order chi connectivity index (χ1) is 6.74. The minimum atomic E-state index is -0.0462. The van der Waals surface area contributed by atoms with E-state index in [1.54, 1.807) is 12.1 Å². The molecule has 0 heterocycles. The summed E-state index contributed by atoms with van der Waals surface area (Å²) in [4.78, 5) is 0. The van der Waals surface area contributed by atoms with E-state index in [1.165, 1.54) is 5.56 Å². The zero-order chi connectivity index (χ0) is 9.76. The predicted molar refractivity (Wildman–Crippen MR) is 53.6 cm³/mol. The highest BCUT2D eigenvalue weighted by atomic mass is 19.1. The second-order valence-corrected chi connectivity index (χ2v) is 4.58. The molecule has 0 radical (unpaired) electrons. The molecule has 74 valence electrons. The summed E-state index contributed by atoms with van der Waals surface area (Å²) in [6, 6.07) is 5.59. The van der Waals surface area contributed by atoms with E-state index in [0.717, 1.165) is 31.2 Å². The average molecular weight is 191 g/mol. The minimum Gasteiger partial charge on any atom is -0.327 e. The van der Waals surface area contributed by atoms with E-state index in [1.807, 2.05) is 6.07 Å². The van der Waals surface area contributed by atoms with Gasteiger partial charge in [0.2, 0.25) is 0 Å². The van der Waals surface area contributed by atoms with Crippen LogP contribution in [0.4, 0.5) is 4.39 Å². The zero-order valence-corrected chi connectivity index (χ0v) is 8.09. The smallest absolute Gasteiger partial charge is 0.127 e. The second-order valence-electron chi connectivity index (χ2n) is 4.58. The van der Waals surface area contributed by atoms with Crippen molar-refractivity contribution in [2.24, 2.45) is 5.73 Å². The van der Waals surface area contributed by atoms with Crippen LogP contribution in [-0.2, 0) is 11.8 Å². The van der Waals surface area contributed by atoms with E-state index in [4.69, 9.17) is 5.73 Å². The summed E-state index contributed by atoms with van der Waals surface area (Å²) in [6.45, 7) is 0. The van der Waals surface area contributed by atoms with Crippen molar-refractivity contribution in [1.29, 1.82) is 0 Å². The molecule has 1 atom stereocenters. The molecule has 2 heteroatoms. The monoisotopic (exact) mass is 191 g/mol. The van der Waals surface area contributed by atoms with E-state index in [9.17, 15) is 4.39 Å². The average Bonchev–Trinajstić information content (AvgIpc) is 2.94. The van der Waals surface area contributed by atoms with Crippen LogP contribution in [-0.4, -0.2) is 6.04 Å². The van der Waals surface area contributed by atoms with Gasteiger partial charge in [-0.3, -0.25) is 0 Å². The molecule has 0 aromatic heterocycles. The van der Waals surface area contributed by atoms with E-state index in [2.05, 4.69) is 0 Å². The van der Waals surface area contributed by atoms with E-state index in [0.29, 0.717) is 0 Å². The summed E-state index contributed by atoms with van der Waals surface area (Å²) in [7, 11) is 0. The Hall–Kier alpha value is -0.890. The minimum absolute atomic E-state index is 0.0128. The van der Waals surface area contributed by atoms with Crippen LogP contribution < -0.4 is 5.73 Å². The topological polar surface area (TPSA) is 26.0 Å². The Kier molecular flexibility index (Phi) is 1.55. The fraction of sp³-hybridized carbons (Fsp3) is 0.500. The molecule has 1 saturated carbocycles. The molecule has 2 aliphatic carbocycles. The summed E-state index contributed by atoms with van der Waals surface area (Å²) >= 11 is 0. The molecule has 14 heavy (non-hydrogen) atoms. The van der Waals surface area contributed by atoms with Gasteiger partial charge in [0, 0.05) is 11.5 Å². The van der Waals surface area contributed by atoms with Crippen molar-refractivity contribution in [1.82, 2.24) is 0 Å². The van der Waals surface area contributed by atoms with Crippen molar-refractivity contribution >= 4 is 0 Å². The third-order valence-electron chi connectivity index (χ3n) is 3.82.